The van der Waals surface area contributed by atoms with E-state index in [0.717, 1.165) is 23.7 Å². The average Bonchev–Trinajstić information content (AvgIpc) is 2.56. The lowest BCUT2D eigenvalue weighted by Crippen LogP contribution is -2.03. The van der Waals surface area contributed by atoms with Crippen molar-refractivity contribution in [3.63, 3.8) is 0 Å². The predicted octanol–water partition coefficient (Wildman–Crippen LogP) is 3.03. The van der Waals surface area contributed by atoms with E-state index in [4.69, 9.17) is 5.11 Å². The van der Waals surface area contributed by atoms with Crippen molar-refractivity contribution < 1.29 is 9.90 Å². The Balaban J connectivity index is 2.00. The Morgan fingerprint density at radius 1 is 1.40 bits per heavy atom. The van der Waals surface area contributed by atoms with E-state index in [1.165, 1.54) is 11.1 Å². The standard InChI is InChI=1S/C12H13BrO2/c13-11-3-2-9-5-8(1-4-12(14)15)6-10(9)7-11/h2-3,7-8H,1,4-6H2,(H,14,15). The van der Waals surface area contributed by atoms with Gasteiger partial charge in [-0.1, -0.05) is 22.0 Å². The van der Waals surface area contributed by atoms with Crippen LogP contribution in [0.15, 0.2) is 22.7 Å². The van der Waals surface area contributed by atoms with E-state index in [2.05, 4.69) is 34.1 Å². The molecule has 0 bridgehead atoms. The molecule has 1 N–H and O–H groups in total. The largest absolute Gasteiger partial charge is 0.481 e. The highest BCUT2D eigenvalue weighted by Gasteiger charge is 2.21. The molecule has 3 heteroatoms. The molecule has 0 radical (unpaired) electrons. The second kappa shape index (κ2) is 4.35. The minimum Gasteiger partial charge on any atom is -0.481 e. The Bertz CT molecular complexity index is 387. The zero-order chi connectivity index (χ0) is 10.8. The summed E-state index contributed by atoms with van der Waals surface area (Å²) >= 11 is 3.45. The quantitative estimate of drug-likeness (QED) is 0.915. The minimum absolute atomic E-state index is 0.291. The molecule has 1 atom stereocenters. The van der Waals surface area contributed by atoms with Gasteiger partial charge in [-0.05, 0) is 48.4 Å². The smallest absolute Gasteiger partial charge is 0.303 e. The molecular weight excluding hydrogens is 256 g/mol. The molecule has 0 aliphatic heterocycles. The molecule has 1 aliphatic carbocycles. The van der Waals surface area contributed by atoms with E-state index in [-0.39, 0.29) is 0 Å². The first-order chi connectivity index (χ1) is 7.15. The topological polar surface area (TPSA) is 37.3 Å². The fourth-order valence-corrected chi connectivity index (χ4v) is 2.62. The summed E-state index contributed by atoms with van der Waals surface area (Å²) < 4.78 is 1.11. The Morgan fingerprint density at radius 2 is 2.13 bits per heavy atom. The molecule has 1 unspecified atom stereocenters. The van der Waals surface area contributed by atoms with Gasteiger partial charge < -0.3 is 5.11 Å². The van der Waals surface area contributed by atoms with Crippen molar-refractivity contribution >= 4 is 21.9 Å². The monoisotopic (exact) mass is 268 g/mol. The fraction of sp³-hybridized carbons (Fsp3) is 0.417. The molecule has 1 aromatic carbocycles. The number of carbonyl (C=O) groups is 1. The first-order valence-corrected chi connectivity index (χ1v) is 5.93. The van der Waals surface area contributed by atoms with Crippen molar-refractivity contribution in [3.05, 3.63) is 33.8 Å². The summed E-state index contributed by atoms with van der Waals surface area (Å²) in [5.41, 5.74) is 2.76. The lowest BCUT2D eigenvalue weighted by molar-refractivity contribution is -0.137. The molecule has 0 saturated carbocycles. The van der Waals surface area contributed by atoms with Gasteiger partial charge in [0.15, 0.2) is 0 Å². The summed E-state index contributed by atoms with van der Waals surface area (Å²) in [4.78, 5) is 10.5. The molecule has 2 rings (SSSR count). The summed E-state index contributed by atoms with van der Waals surface area (Å²) in [6.45, 7) is 0. The van der Waals surface area contributed by atoms with Crippen LogP contribution in [-0.2, 0) is 17.6 Å². The second-order valence-electron chi connectivity index (χ2n) is 4.12. The van der Waals surface area contributed by atoms with Crippen molar-refractivity contribution in [1.29, 1.82) is 0 Å². The molecule has 1 aromatic rings. The lowest BCUT2D eigenvalue weighted by Gasteiger charge is -2.05. The van der Waals surface area contributed by atoms with E-state index < -0.39 is 5.97 Å². The summed E-state index contributed by atoms with van der Waals surface area (Å²) in [6.07, 6.45) is 3.15. The number of benzene rings is 1. The number of rotatable bonds is 3. The van der Waals surface area contributed by atoms with Gasteiger partial charge in [0.1, 0.15) is 0 Å². The molecule has 1 aliphatic rings. The van der Waals surface area contributed by atoms with Crippen molar-refractivity contribution in [2.24, 2.45) is 5.92 Å². The zero-order valence-electron chi connectivity index (χ0n) is 8.37. The predicted molar refractivity (Wildman–Crippen MR) is 61.9 cm³/mol. The third-order valence-electron chi connectivity index (χ3n) is 2.95. The number of hydrogen-bond acceptors (Lipinski definition) is 1. The molecule has 0 saturated heterocycles. The molecule has 0 fully saturated rings. The van der Waals surface area contributed by atoms with Gasteiger partial charge >= 0.3 is 5.97 Å². The third kappa shape index (κ3) is 2.59. The maximum Gasteiger partial charge on any atom is 0.303 e. The van der Waals surface area contributed by atoms with E-state index in [9.17, 15) is 4.79 Å². The summed E-state index contributed by atoms with van der Waals surface area (Å²) in [7, 11) is 0. The zero-order valence-corrected chi connectivity index (χ0v) is 9.96. The number of carboxylic acid groups (broad SMARTS) is 1. The highest BCUT2D eigenvalue weighted by atomic mass is 79.9. The molecule has 15 heavy (non-hydrogen) atoms. The molecule has 0 spiro atoms. The van der Waals surface area contributed by atoms with E-state index in [1.807, 2.05) is 0 Å². The van der Waals surface area contributed by atoms with Crippen molar-refractivity contribution in [1.82, 2.24) is 0 Å². The highest BCUT2D eigenvalue weighted by Crippen LogP contribution is 2.31. The van der Waals surface area contributed by atoms with Gasteiger partial charge in [-0.15, -0.1) is 0 Å². The average molecular weight is 269 g/mol. The van der Waals surface area contributed by atoms with Gasteiger partial charge in [0.2, 0.25) is 0 Å². The molecule has 0 amide bonds. The Labute approximate surface area is 97.4 Å². The summed E-state index contributed by atoms with van der Waals surface area (Å²) in [5, 5.41) is 8.63. The van der Waals surface area contributed by atoms with Crippen LogP contribution in [0.3, 0.4) is 0 Å². The van der Waals surface area contributed by atoms with Gasteiger partial charge in [0.05, 0.1) is 0 Å². The maximum absolute atomic E-state index is 10.5. The van der Waals surface area contributed by atoms with Crippen LogP contribution in [0.2, 0.25) is 0 Å². The van der Waals surface area contributed by atoms with Crippen LogP contribution in [0.4, 0.5) is 0 Å². The van der Waals surface area contributed by atoms with Gasteiger partial charge in [0, 0.05) is 10.9 Å². The van der Waals surface area contributed by atoms with E-state index >= 15 is 0 Å². The Morgan fingerprint density at radius 3 is 2.87 bits per heavy atom. The number of halogens is 1. The van der Waals surface area contributed by atoms with Crippen LogP contribution in [-0.4, -0.2) is 11.1 Å². The molecular formula is C12H13BrO2. The van der Waals surface area contributed by atoms with Crippen LogP contribution in [0.1, 0.15) is 24.0 Å². The summed E-state index contributed by atoms with van der Waals surface area (Å²) in [6, 6.07) is 6.34. The van der Waals surface area contributed by atoms with Gasteiger partial charge in [0.25, 0.3) is 0 Å². The first-order valence-electron chi connectivity index (χ1n) is 5.14. The maximum atomic E-state index is 10.5. The Hall–Kier alpha value is -0.830. The Kier molecular flexibility index (Phi) is 3.10. The van der Waals surface area contributed by atoms with Crippen LogP contribution in [0, 0.1) is 5.92 Å². The number of carboxylic acids is 1. The number of fused-ring (bicyclic) bond motifs is 1. The van der Waals surface area contributed by atoms with Crippen molar-refractivity contribution in [3.8, 4) is 0 Å². The molecule has 80 valence electrons. The molecule has 0 heterocycles. The van der Waals surface area contributed by atoms with Crippen LogP contribution >= 0.6 is 15.9 Å². The lowest BCUT2D eigenvalue weighted by atomic mass is 10.0. The first kappa shape index (κ1) is 10.7. The SMILES string of the molecule is O=C(O)CCC1Cc2ccc(Br)cc2C1. The third-order valence-corrected chi connectivity index (χ3v) is 3.45. The van der Waals surface area contributed by atoms with E-state index in [0.29, 0.717) is 12.3 Å². The van der Waals surface area contributed by atoms with Crippen LogP contribution in [0.5, 0.6) is 0 Å². The normalized spacial score (nSPS) is 18.9. The van der Waals surface area contributed by atoms with Gasteiger partial charge in [-0.2, -0.15) is 0 Å². The number of hydrogen-bond donors (Lipinski definition) is 1. The van der Waals surface area contributed by atoms with Crippen molar-refractivity contribution in [2.45, 2.75) is 25.7 Å². The van der Waals surface area contributed by atoms with Crippen molar-refractivity contribution in [2.75, 3.05) is 0 Å². The fourth-order valence-electron chi connectivity index (χ4n) is 2.21. The van der Waals surface area contributed by atoms with Gasteiger partial charge in [-0.3, -0.25) is 4.79 Å². The molecule has 0 aromatic heterocycles. The molecule has 2 nitrogen and oxygen atoms in total. The highest BCUT2D eigenvalue weighted by molar-refractivity contribution is 9.10. The number of aliphatic carboxylic acids is 1. The van der Waals surface area contributed by atoms with E-state index in [1.54, 1.807) is 0 Å². The van der Waals surface area contributed by atoms with Crippen LogP contribution in [0.25, 0.3) is 0 Å². The minimum atomic E-state index is -0.688. The van der Waals surface area contributed by atoms with Crippen LogP contribution < -0.4 is 0 Å². The summed E-state index contributed by atoms with van der Waals surface area (Å²) in [5.74, 6) is -0.169. The van der Waals surface area contributed by atoms with Gasteiger partial charge in [-0.25, -0.2) is 0 Å². The second-order valence-corrected chi connectivity index (χ2v) is 5.04.